The lowest BCUT2D eigenvalue weighted by Crippen LogP contribution is -2.61. The molecule has 4 heteroatoms. The molecule has 0 N–H and O–H groups in total. The Balaban J connectivity index is 1.42. The van der Waals surface area contributed by atoms with Crippen LogP contribution >= 0.6 is 0 Å². The van der Waals surface area contributed by atoms with Crippen LogP contribution in [-0.2, 0) is 0 Å². The van der Waals surface area contributed by atoms with Gasteiger partial charge in [0, 0.05) is 46.5 Å². The second-order valence-electron chi connectivity index (χ2n) is 12.5. The van der Waals surface area contributed by atoms with Crippen LogP contribution in [0.15, 0.2) is 158 Å². The van der Waals surface area contributed by atoms with E-state index in [0.717, 1.165) is 11.4 Å². The number of benzene rings is 6. The molecular weight excluding hydrogens is 569 g/mol. The number of para-hydroxylation sites is 3. The second kappa shape index (κ2) is 10.9. The molecule has 3 nitrogen and oxygen atoms in total. The molecule has 0 fully saturated rings. The summed E-state index contributed by atoms with van der Waals surface area (Å²) in [5, 5.41) is 0. The highest BCUT2D eigenvalue weighted by Crippen LogP contribution is 2.46. The van der Waals surface area contributed by atoms with E-state index in [0.29, 0.717) is 0 Å². The molecule has 0 unspecified atom stereocenters. The van der Waals surface area contributed by atoms with E-state index in [9.17, 15) is 0 Å². The zero-order valence-corrected chi connectivity index (χ0v) is 26.4. The van der Waals surface area contributed by atoms with Crippen LogP contribution in [0.4, 0.5) is 34.1 Å². The van der Waals surface area contributed by atoms with Gasteiger partial charge in [0.2, 0.25) is 0 Å². The van der Waals surface area contributed by atoms with Gasteiger partial charge in [0.05, 0.1) is 0 Å². The minimum atomic E-state index is 0.0588. The summed E-state index contributed by atoms with van der Waals surface area (Å²) in [5.41, 5.74) is 18.3. The summed E-state index contributed by atoms with van der Waals surface area (Å²) in [7, 11) is 0. The predicted molar refractivity (Wildman–Crippen MR) is 199 cm³/mol. The van der Waals surface area contributed by atoms with Crippen molar-refractivity contribution in [2.24, 2.45) is 0 Å². The molecular formula is C43H32BN3. The maximum Gasteiger partial charge on any atom is 0.252 e. The minimum absolute atomic E-state index is 0.0588. The van der Waals surface area contributed by atoms with E-state index in [1.165, 1.54) is 72.5 Å². The zero-order valence-electron chi connectivity index (χ0n) is 26.4. The molecule has 7 aromatic rings. The number of hydrogen-bond acceptors (Lipinski definition) is 3. The Morgan fingerprint density at radius 3 is 1.60 bits per heavy atom. The lowest BCUT2D eigenvalue weighted by Gasteiger charge is -2.44. The zero-order chi connectivity index (χ0) is 31.5. The molecule has 2 aliphatic rings. The topological polar surface area (TPSA) is 19.4 Å². The summed E-state index contributed by atoms with van der Waals surface area (Å²) < 4.78 is 0. The van der Waals surface area contributed by atoms with Crippen molar-refractivity contribution in [1.29, 1.82) is 0 Å². The van der Waals surface area contributed by atoms with Crippen LogP contribution in [0.3, 0.4) is 0 Å². The average molecular weight is 602 g/mol. The molecule has 0 spiro atoms. The van der Waals surface area contributed by atoms with Gasteiger partial charge in [-0.2, -0.15) is 0 Å². The summed E-state index contributed by atoms with van der Waals surface area (Å²) in [5.74, 6) is 0. The van der Waals surface area contributed by atoms with Gasteiger partial charge in [-0.1, -0.05) is 97.1 Å². The number of aryl methyl sites for hydroxylation is 2. The summed E-state index contributed by atoms with van der Waals surface area (Å²) in [6.07, 6.45) is 3.96. The lowest BCUT2D eigenvalue weighted by molar-refractivity contribution is 1.21. The highest BCUT2D eigenvalue weighted by atomic mass is 15.2. The summed E-state index contributed by atoms with van der Waals surface area (Å²) in [6.45, 7) is 4.40. The Morgan fingerprint density at radius 1 is 0.447 bits per heavy atom. The van der Waals surface area contributed by atoms with Crippen LogP contribution in [0.2, 0.25) is 0 Å². The van der Waals surface area contributed by atoms with Crippen LogP contribution in [0.5, 0.6) is 0 Å². The van der Waals surface area contributed by atoms with Gasteiger partial charge in [0.15, 0.2) is 0 Å². The van der Waals surface area contributed by atoms with Crippen LogP contribution in [0.25, 0.3) is 22.3 Å². The van der Waals surface area contributed by atoms with E-state index in [1.54, 1.807) is 0 Å². The number of fused-ring (bicyclic) bond motifs is 4. The van der Waals surface area contributed by atoms with E-state index in [-0.39, 0.29) is 6.71 Å². The molecule has 9 rings (SSSR count). The van der Waals surface area contributed by atoms with Gasteiger partial charge < -0.3 is 9.80 Å². The van der Waals surface area contributed by atoms with Crippen molar-refractivity contribution in [3.05, 3.63) is 169 Å². The summed E-state index contributed by atoms with van der Waals surface area (Å²) in [6, 6.07) is 53.2. The largest absolute Gasteiger partial charge is 0.311 e. The molecule has 0 saturated carbocycles. The molecule has 1 aromatic heterocycles. The number of hydrogen-bond donors (Lipinski definition) is 0. The fourth-order valence-electron chi connectivity index (χ4n) is 7.77. The normalized spacial score (nSPS) is 12.8. The van der Waals surface area contributed by atoms with Gasteiger partial charge >= 0.3 is 0 Å². The van der Waals surface area contributed by atoms with Gasteiger partial charge in [0.1, 0.15) is 0 Å². The Bertz CT molecular complexity index is 2250. The monoisotopic (exact) mass is 601 g/mol. The first kappa shape index (κ1) is 27.4. The van der Waals surface area contributed by atoms with Crippen molar-refractivity contribution < 1.29 is 0 Å². The standard InChI is InChI=1S/C43H32BN3/c1-29-27-45-28-30(2)42(29)33-25-40-43-41(26-33)47(35-18-10-5-11-19-35)39-23-22-32(31-14-6-3-7-15-31)24-37(39)44(43)36-20-12-13-21-38(36)46(40)34-16-8-4-9-17-34/h3-28H,1-2H3. The van der Waals surface area contributed by atoms with Crippen LogP contribution < -0.4 is 26.2 Å². The van der Waals surface area contributed by atoms with Crippen LogP contribution in [-0.4, -0.2) is 11.7 Å². The highest BCUT2D eigenvalue weighted by molar-refractivity contribution is 7.00. The number of pyridine rings is 1. The third-order valence-electron chi connectivity index (χ3n) is 9.72. The van der Waals surface area contributed by atoms with Crippen molar-refractivity contribution in [2.45, 2.75) is 13.8 Å². The Kier molecular flexibility index (Phi) is 6.36. The first-order valence-corrected chi connectivity index (χ1v) is 16.3. The van der Waals surface area contributed by atoms with E-state index in [2.05, 4.69) is 174 Å². The van der Waals surface area contributed by atoms with Gasteiger partial charge in [-0.15, -0.1) is 0 Å². The smallest absolute Gasteiger partial charge is 0.252 e. The fourth-order valence-corrected chi connectivity index (χ4v) is 7.77. The second-order valence-corrected chi connectivity index (χ2v) is 12.5. The number of aromatic nitrogens is 1. The number of anilines is 6. The van der Waals surface area contributed by atoms with E-state index in [4.69, 9.17) is 0 Å². The number of rotatable bonds is 4. The number of nitrogens with zero attached hydrogens (tertiary/aromatic N) is 3. The van der Waals surface area contributed by atoms with Gasteiger partial charge in [-0.25, -0.2) is 0 Å². The Hall–Kier alpha value is -5.87. The third-order valence-corrected chi connectivity index (χ3v) is 9.72. The maximum absolute atomic E-state index is 4.52. The lowest BCUT2D eigenvalue weighted by atomic mass is 9.33. The van der Waals surface area contributed by atoms with E-state index in [1.807, 2.05) is 12.4 Å². The molecule has 0 saturated heterocycles. The first-order valence-electron chi connectivity index (χ1n) is 16.3. The van der Waals surface area contributed by atoms with Crippen molar-refractivity contribution in [1.82, 2.24) is 4.98 Å². The molecule has 47 heavy (non-hydrogen) atoms. The highest BCUT2D eigenvalue weighted by Gasteiger charge is 2.43. The summed E-state index contributed by atoms with van der Waals surface area (Å²) >= 11 is 0. The van der Waals surface area contributed by atoms with Crippen molar-refractivity contribution in [3.63, 3.8) is 0 Å². The van der Waals surface area contributed by atoms with Gasteiger partial charge in [0.25, 0.3) is 6.71 Å². The summed E-state index contributed by atoms with van der Waals surface area (Å²) in [4.78, 5) is 9.47. The molecule has 222 valence electrons. The molecule has 0 radical (unpaired) electrons. The van der Waals surface area contributed by atoms with Crippen LogP contribution in [0.1, 0.15) is 11.1 Å². The molecule has 0 aliphatic carbocycles. The Morgan fingerprint density at radius 2 is 0.979 bits per heavy atom. The molecule has 0 amide bonds. The quantitative estimate of drug-likeness (QED) is 0.188. The van der Waals surface area contributed by atoms with Crippen molar-refractivity contribution >= 4 is 57.2 Å². The molecule has 0 atom stereocenters. The third kappa shape index (κ3) is 4.33. The van der Waals surface area contributed by atoms with Crippen molar-refractivity contribution in [2.75, 3.05) is 9.80 Å². The minimum Gasteiger partial charge on any atom is -0.311 e. The molecule has 0 bridgehead atoms. The molecule has 2 aliphatic heterocycles. The van der Waals surface area contributed by atoms with Crippen molar-refractivity contribution in [3.8, 4) is 22.3 Å². The Labute approximate surface area is 276 Å². The van der Waals surface area contributed by atoms with E-state index >= 15 is 0 Å². The fraction of sp³-hybridized carbons (Fsp3) is 0.0465. The molecule has 3 heterocycles. The molecule has 6 aromatic carbocycles. The average Bonchev–Trinajstić information content (AvgIpc) is 3.12. The van der Waals surface area contributed by atoms with Crippen LogP contribution in [0, 0.1) is 13.8 Å². The SMILES string of the molecule is Cc1cncc(C)c1-c1cc2c3c(c1)N(c1ccccc1)c1ccc(-c4ccccc4)cc1B3c1ccccc1N2c1ccccc1. The van der Waals surface area contributed by atoms with Gasteiger partial charge in [-0.3, -0.25) is 4.98 Å². The maximum atomic E-state index is 4.52. The van der Waals surface area contributed by atoms with Gasteiger partial charge in [-0.05, 0) is 112 Å². The first-order chi connectivity index (χ1) is 23.2. The van der Waals surface area contributed by atoms with E-state index < -0.39 is 0 Å². The predicted octanol–water partition coefficient (Wildman–Crippen LogP) is 9.12.